The zero-order valence-electron chi connectivity index (χ0n) is 10.5. The molecule has 0 saturated heterocycles. The molecule has 4 heteroatoms. The van der Waals surface area contributed by atoms with Crippen LogP contribution < -0.4 is 5.32 Å². The number of carbonyl (C=O) groups is 1. The fourth-order valence-electron chi connectivity index (χ4n) is 1.79. The Hall–Kier alpha value is -2.00. The Morgan fingerprint density at radius 3 is 2.79 bits per heavy atom. The van der Waals surface area contributed by atoms with Gasteiger partial charge in [-0.05, 0) is 42.3 Å². The summed E-state index contributed by atoms with van der Waals surface area (Å²) < 4.78 is 0. The molecular weight excluding hydrogens is 262 g/mol. The summed E-state index contributed by atoms with van der Waals surface area (Å²) in [7, 11) is 0. The number of halogens is 1. The number of hydrogen-bond acceptors (Lipinski definition) is 2. The second kappa shape index (κ2) is 5.76. The van der Waals surface area contributed by atoms with Crippen molar-refractivity contribution >= 4 is 23.3 Å². The molecule has 2 rings (SSSR count). The molecule has 2 N–H and O–H groups in total. The third kappa shape index (κ3) is 3.48. The van der Waals surface area contributed by atoms with Gasteiger partial charge in [0.25, 0.3) is 0 Å². The maximum Gasteiger partial charge on any atom is 0.335 e. The van der Waals surface area contributed by atoms with Crippen molar-refractivity contribution in [3.63, 3.8) is 0 Å². The molecule has 98 valence electrons. The number of aryl methyl sites for hydroxylation is 1. The van der Waals surface area contributed by atoms with Gasteiger partial charge < -0.3 is 10.4 Å². The standard InChI is InChI=1S/C15H14ClNO2/c1-10-5-6-13(16)14(7-10)17-9-11-3-2-4-12(8-11)15(18)19/h2-8,17H,9H2,1H3,(H,18,19). The predicted molar refractivity (Wildman–Crippen MR) is 76.9 cm³/mol. The van der Waals surface area contributed by atoms with Gasteiger partial charge >= 0.3 is 5.97 Å². The van der Waals surface area contributed by atoms with Crippen LogP contribution in [0.3, 0.4) is 0 Å². The van der Waals surface area contributed by atoms with Crippen LogP contribution in [0.2, 0.25) is 5.02 Å². The molecule has 0 aliphatic rings. The summed E-state index contributed by atoms with van der Waals surface area (Å²) in [5, 5.41) is 12.8. The molecule has 3 nitrogen and oxygen atoms in total. The minimum absolute atomic E-state index is 0.287. The zero-order valence-corrected chi connectivity index (χ0v) is 11.2. The molecule has 19 heavy (non-hydrogen) atoms. The molecule has 2 aromatic rings. The van der Waals surface area contributed by atoms with E-state index >= 15 is 0 Å². The molecule has 0 fully saturated rings. The molecule has 0 spiro atoms. The third-order valence-electron chi connectivity index (χ3n) is 2.78. The predicted octanol–water partition coefficient (Wildman–Crippen LogP) is 3.96. The lowest BCUT2D eigenvalue weighted by molar-refractivity contribution is 0.0697. The maximum absolute atomic E-state index is 10.9. The van der Waals surface area contributed by atoms with Crippen LogP contribution in [-0.2, 0) is 6.54 Å². The lowest BCUT2D eigenvalue weighted by Gasteiger charge is -2.09. The normalized spacial score (nSPS) is 10.2. The molecule has 0 bridgehead atoms. The maximum atomic E-state index is 10.9. The van der Waals surface area contributed by atoms with E-state index in [4.69, 9.17) is 16.7 Å². The topological polar surface area (TPSA) is 49.3 Å². The van der Waals surface area contributed by atoms with E-state index in [1.807, 2.05) is 31.2 Å². The van der Waals surface area contributed by atoms with Crippen molar-refractivity contribution in [1.82, 2.24) is 0 Å². The van der Waals surface area contributed by atoms with Gasteiger partial charge in [-0.15, -0.1) is 0 Å². The highest BCUT2D eigenvalue weighted by atomic mass is 35.5. The summed E-state index contributed by atoms with van der Waals surface area (Å²) in [4.78, 5) is 10.9. The monoisotopic (exact) mass is 275 g/mol. The number of benzene rings is 2. The van der Waals surface area contributed by atoms with E-state index in [0.29, 0.717) is 11.6 Å². The first-order chi connectivity index (χ1) is 9.06. The van der Waals surface area contributed by atoms with Gasteiger partial charge in [-0.2, -0.15) is 0 Å². The first kappa shape index (κ1) is 13.4. The number of nitrogens with one attached hydrogen (secondary N) is 1. The van der Waals surface area contributed by atoms with E-state index in [2.05, 4.69) is 5.32 Å². The van der Waals surface area contributed by atoms with E-state index in [1.54, 1.807) is 18.2 Å². The van der Waals surface area contributed by atoms with Gasteiger partial charge in [0.1, 0.15) is 0 Å². The lowest BCUT2D eigenvalue weighted by Crippen LogP contribution is -2.02. The molecule has 0 atom stereocenters. The molecule has 0 unspecified atom stereocenters. The van der Waals surface area contributed by atoms with Crippen molar-refractivity contribution in [2.45, 2.75) is 13.5 Å². The number of carboxylic acid groups (broad SMARTS) is 1. The SMILES string of the molecule is Cc1ccc(Cl)c(NCc2cccc(C(=O)O)c2)c1. The van der Waals surface area contributed by atoms with E-state index in [1.165, 1.54) is 0 Å². The summed E-state index contributed by atoms with van der Waals surface area (Å²) >= 11 is 6.09. The average Bonchev–Trinajstić information content (AvgIpc) is 2.40. The Balaban J connectivity index is 2.12. The first-order valence-corrected chi connectivity index (χ1v) is 6.26. The van der Waals surface area contributed by atoms with Crippen LogP contribution in [0, 0.1) is 6.92 Å². The molecule has 0 aliphatic heterocycles. The van der Waals surface area contributed by atoms with Crippen molar-refractivity contribution in [1.29, 1.82) is 0 Å². The summed E-state index contributed by atoms with van der Waals surface area (Å²) in [5.74, 6) is -0.921. The van der Waals surface area contributed by atoms with Crippen LogP contribution in [0.5, 0.6) is 0 Å². The van der Waals surface area contributed by atoms with E-state index in [-0.39, 0.29) is 5.56 Å². The number of aromatic carboxylic acids is 1. The number of hydrogen-bond donors (Lipinski definition) is 2. The van der Waals surface area contributed by atoms with E-state index < -0.39 is 5.97 Å². The molecule has 0 aromatic heterocycles. The summed E-state index contributed by atoms with van der Waals surface area (Å²) in [6.45, 7) is 2.52. The third-order valence-corrected chi connectivity index (χ3v) is 3.11. The summed E-state index contributed by atoms with van der Waals surface area (Å²) in [6, 6.07) is 12.6. The second-order valence-electron chi connectivity index (χ2n) is 4.34. The van der Waals surface area contributed by atoms with E-state index in [9.17, 15) is 4.79 Å². The van der Waals surface area contributed by atoms with Crippen molar-refractivity contribution in [2.24, 2.45) is 0 Å². The van der Waals surface area contributed by atoms with Gasteiger partial charge in [0.05, 0.1) is 16.3 Å². The molecule has 0 radical (unpaired) electrons. The smallest absolute Gasteiger partial charge is 0.335 e. The van der Waals surface area contributed by atoms with Gasteiger partial charge in [-0.25, -0.2) is 4.79 Å². The summed E-state index contributed by atoms with van der Waals surface area (Å²) in [6.07, 6.45) is 0. The number of carboxylic acids is 1. The highest BCUT2D eigenvalue weighted by Gasteiger charge is 2.04. The van der Waals surface area contributed by atoms with E-state index in [0.717, 1.165) is 16.8 Å². The largest absolute Gasteiger partial charge is 0.478 e. The van der Waals surface area contributed by atoms with Crippen LogP contribution in [0.4, 0.5) is 5.69 Å². The molecule has 2 aromatic carbocycles. The van der Waals surface area contributed by atoms with Crippen LogP contribution in [0.25, 0.3) is 0 Å². The summed E-state index contributed by atoms with van der Waals surface area (Å²) in [5.41, 5.74) is 3.15. The Kier molecular flexibility index (Phi) is 4.07. The molecule has 0 heterocycles. The highest BCUT2D eigenvalue weighted by Crippen LogP contribution is 2.23. The molecule has 0 amide bonds. The van der Waals surface area contributed by atoms with Crippen molar-refractivity contribution in [3.8, 4) is 0 Å². The van der Waals surface area contributed by atoms with Crippen molar-refractivity contribution in [2.75, 3.05) is 5.32 Å². The van der Waals surface area contributed by atoms with Gasteiger partial charge in [-0.3, -0.25) is 0 Å². The zero-order chi connectivity index (χ0) is 13.8. The Morgan fingerprint density at radius 1 is 1.26 bits per heavy atom. The van der Waals surface area contributed by atoms with Crippen LogP contribution in [0.1, 0.15) is 21.5 Å². The van der Waals surface area contributed by atoms with Gasteiger partial charge in [0.2, 0.25) is 0 Å². The highest BCUT2D eigenvalue weighted by molar-refractivity contribution is 6.33. The van der Waals surface area contributed by atoms with Gasteiger partial charge in [0.15, 0.2) is 0 Å². The number of anilines is 1. The molecular formula is C15H14ClNO2. The minimum Gasteiger partial charge on any atom is -0.478 e. The quantitative estimate of drug-likeness (QED) is 0.888. The van der Waals surface area contributed by atoms with Crippen LogP contribution >= 0.6 is 11.6 Å². The second-order valence-corrected chi connectivity index (χ2v) is 4.75. The van der Waals surface area contributed by atoms with Crippen molar-refractivity contribution in [3.05, 3.63) is 64.2 Å². The fourth-order valence-corrected chi connectivity index (χ4v) is 1.97. The first-order valence-electron chi connectivity index (χ1n) is 5.88. The number of rotatable bonds is 4. The Labute approximate surface area is 116 Å². The van der Waals surface area contributed by atoms with Crippen LogP contribution in [0.15, 0.2) is 42.5 Å². The van der Waals surface area contributed by atoms with Crippen molar-refractivity contribution < 1.29 is 9.90 Å². The van der Waals surface area contributed by atoms with Gasteiger partial charge in [0, 0.05) is 6.54 Å². The fraction of sp³-hybridized carbons (Fsp3) is 0.133. The average molecular weight is 276 g/mol. The minimum atomic E-state index is -0.921. The van der Waals surface area contributed by atoms with Gasteiger partial charge in [-0.1, -0.05) is 29.8 Å². The van der Waals surface area contributed by atoms with Crippen LogP contribution in [-0.4, -0.2) is 11.1 Å². The Bertz CT molecular complexity index is 611. The molecule has 0 aliphatic carbocycles. The lowest BCUT2D eigenvalue weighted by atomic mass is 10.1. The molecule has 0 saturated carbocycles. The Morgan fingerprint density at radius 2 is 2.05 bits per heavy atom.